The van der Waals surface area contributed by atoms with Crippen molar-refractivity contribution >= 4 is 11.0 Å². The number of alkyl halides is 2. The van der Waals surface area contributed by atoms with Gasteiger partial charge in [0.1, 0.15) is 11.8 Å². The Bertz CT molecular complexity index is 426. The summed E-state index contributed by atoms with van der Waals surface area (Å²) < 4.78 is 30.9. The van der Waals surface area contributed by atoms with Crippen LogP contribution in [-0.2, 0) is 5.92 Å². The lowest BCUT2D eigenvalue weighted by molar-refractivity contribution is 0.0183. The van der Waals surface area contributed by atoms with Crippen LogP contribution in [-0.4, -0.2) is 0 Å². The smallest absolute Gasteiger partial charge is 0.274 e. The van der Waals surface area contributed by atoms with Crippen LogP contribution in [0.15, 0.2) is 34.9 Å². The lowest BCUT2D eigenvalue weighted by atomic mass is 10.1. The van der Waals surface area contributed by atoms with Crippen molar-refractivity contribution in [3.63, 3.8) is 0 Å². The maximum absolute atomic E-state index is 13.0. The molecule has 1 aromatic heterocycles. The average Bonchev–Trinajstić information content (AvgIpc) is 2.45. The number of furan rings is 1. The van der Waals surface area contributed by atoms with Crippen LogP contribution in [0.1, 0.15) is 12.5 Å². The van der Waals surface area contributed by atoms with Gasteiger partial charge in [-0.15, -0.1) is 0 Å². The number of fused-ring (bicyclic) bond motifs is 1. The third kappa shape index (κ3) is 1.30. The number of para-hydroxylation sites is 1. The van der Waals surface area contributed by atoms with E-state index in [1.807, 2.05) is 0 Å². The first-order chi connectivity index (χ1) is 6.09. The van der Waals surface area contributed by atoms with Gasteiger partial charge >= 0.3 is 0 Å². The topological polar surface area (TPSA) is 13.1 Å². The van der Waals surface area contributed by atoms with Gasteiger partial charge in [-0.3, -0.25) is 0 Å². The van der Waals surface area contributed by atoms with E-state index in [1.54, 1.807) is 24.3 Å². The average molecular weight is 182 g/mol. The maximum atomic E-state index is 13.0. The third-order valence-corrected chi connectivity index (χ3v) is 1.95. The Morgan fingerprint density at radius 3 is 2.62 bits per heavy atom. The van der Waals surface area contributed by atoms with E-state index in [2.05, 4.69) is 0 Å². The molecular weight excluding hydrogens is 174 g/mol. The highest BCUT2D eigenvalue weighted by atomic mass is 19.3. The number of hydrogen-bond donors (Lipinski definition) is 0. The number of rotatable bonds is 1. The fraction of sp³-hybridized carbons (Fsp3) is 0.200. The van der Waals surface area contributed by atoms with Crippen molar-refractivity contribution in [1.82, 2.24) is 0 Å². The van der Waals surface area contributed by atoms with E-state index in [0.29, 0.717) is 11.0 Å². The Kier molecular flexibility index (Phi) is 1.62. The largest absolute Gasteiger partial charge is 0.464 e. The number of benzene rings is 1. The Morgan fingerprint density at radius 2 is 1.92 bits per heavy atom. The van der Waals surface area contributed by atoms with Gasteiger partial charge < -0.3 is 4.42 Å². The van der Waals surface area contributed by atoms with Crippen LogP contribution in [0.25, 0.3) is 11.0 Å². The molecule has 0 saturated heterocycles. The van der Waals surface area contributed by atoms with E-state index in [0.717, 1.165) is 13.2 Å². The van der Waals surface area contributed by atoms with Gasteiger partial charge in [0, 0.05) is 12.3 Å². The molecule has 0 aliphatic carbocycles. The molecule has 3 heteroatoms. The molecule has 0 aliphatic heterocycles. The molecule has 0 saturated carbocycles. The van der Waals surface area contributed by atoms with Gasteiger partial charge in [0.15, 0.2) is 0 Å². The summed E-state index contributed by atoms with van der Waals surface area (Å²) >= 11 is 0. The van der Waals surface area contributed by atoms with Crippen molar-refractivity contribution in [3.8, 4) is 0 Å². The van der Waals surface area contributed by atoms with Crippen LogP contribution in [0.5, 0.6) is 0 Å². The highest BCUT2D eigenvalue weighted by Gasteiger charge is 2.28. The monoisotopic (exact) mass is 182 g/mol. The van der Waals surface area contributed by atoms with E-state index in [9.17, 15) is 8.78 Å². The van der Waals surface area contributed by atoms with Crippen LogP contribution in [0.3, 0.4) is 0 Å². The molecule has 13 heavy (non-hydrogen) atoms. The Hall–Kier alpha value is -1.38. The van der Waals surface area contributed by atoms with Gasteiger partial charge in [0.05, 0.1) is 5.56 Å². The van der Waals surface area contributed by atoms with E-state index < -0.39 is 5.92 Å². The lowest BCUT2D eigenvalue weighted by Crippen LogP contribution is -2.05. The van der Waals surface area contributed by atoms with E-state index in [4.69, 9.17) is 4.42 Å². The van der Waals surface area contributed by atoms with E-state index in [-0.39, 0.29) is 5.56 Å². The SMILES string of the molecule is CC(F)(F)c1coc2ccccc12. The van der Waals surface area contributed by atoms with Crippen molar-refractivity contribution < 1.29 is 13.2 Å². The molecular formula is C10H8F2O. The highest BCUT2D eigenvalue weighted by molar-refractivity contribution is 5.81. The van der Waals surface area contributed by atoms with Crippen molar-refractivity contribution in [2.75, 3.05) is 0 Å². The third-order valence-electron chi connectivity index (χ3n) is 1.95. The Morgan fingerprint density at radius 1 is 1.23 bits per heavy atom. The molecule has 68 valence electrons. The van der Waals surface area contributed by atoms with Crippen molar-refractivity contribution in [2.24, 2.45) is 0 Å². The minimum absolute atomic E-state index is 0.0527. The summed E-state index contributed by atoms with van der Waals surface area (Å²) in [6.07, 6.45) is 1.12. The molecule has 0 unspecified atom stereocenters. The summed E-state index contributed by atoms with van der Waals surface area (Å²) in [5.41, 5.74) is 0.446. The summed E-state index contributed by atoms with van der Waals surface area (Å²) in [4.78, 5) is 0. The van der Waals surface area contributed by atoms with Crippen LogP contribution in [0, 0.1) is 0 Å². The summed E-state index contributed by atoms with van der Waals surface area (Å²) in [6.45, 7) is 0.865. The second-order valence-corrected chi connectivity index (χ2v) is 3.03. The molecule has 1 nitrogen and oxygen atoms in total. The second-order valence-electron chi connectivity index (χ2n) is 3.03. The molecule has 0 bridgehead atoms. The van der Waals surface area contributed by atoms with Crippen LogP contribution in [0.2, 0.25) is 0 Å². The minimum Gasteiger partial charge on any atom is -0.464 e. The standard InChI is InChI=1S/C10H8F2O/c1-10(11,12)8-6-13-9-5-3-2-4-7(8)9/h2-6H,1H3. The van der Waals surface area contributed by atoms with Crippen molar-refractivity contribution in [1.29, 1.82) is 0 Å². The molecule has 0 aliphatic rings. The molecule has 1 heterocycles. The molecule has 0 spiro atoms. The van der Waals surface area contributed by atoms with Gasteiger partial charge in [-0.1, -0.05) is 18.2 Å². The summed E-state index contributed by atoms with van der Waals surface area (Å²) in [5.74, 6) is -2.84. The van der Waals surface area contributed by atoms with E-state index in [1.165, 1.54) is 0 Å². The van der Waals surface area contributed by atoms with Crippen molar-refractivity contribution in [2.45, 2.75) is 12.8 Å². The zero-order chi connectivity index (χ0) is 9.47. The van der Waals surface area contributed by atoms with Gasteiger partial charge in [-0.25, -0.2) is 8.78 Å². The molecule has 2 rings (SSSR count). The first kappa shape index (κ1) is 8.23. The van der Waals surface area contributed by atoms with Crippen LogP contribution >= 0.6 is 0 Å². The molecule has 0 radical (unpaired) electrons. The molecule has 0 atom stereocenters. The predicted molar refractivity (Wildman–Crippen MR) is 45.8 cm³/mol. The van der Waals surface area contributed by atoms with Gasteiger partial charge in [-0.2, -0.15) is 0 Å². The number of hydrogen-bond acceptors (Lipinski definition) is 1. The zero-order valence-corrected chi connectivity index (χ0v) is 7.05. The van der Waals surface area contributed by atoms with Gasteiger partial charge in [0.25, 0.3) is 5.92 Å². The van der Waals surface area contributed by atoms with Gasteiger partial charge in [0.2, 0.25) is 0 Å². The fourth-order valence-corrected chi connectivity index (χ4v) is 1.32. The minimum atomic E-state index is -2.84. The van der Waals surface area contributed by atoms with Gasteiger partial charge in [-0.05, 0) is 6.07 Å². The normalized spacial score (nSPS) is 12.2. The zero-order valence-electron chi connectivity index (χ0n) is 7.05. The van der Waals surface area contributed by atoms with Crippen LogP contribution < -0.4 is 0 Å². The molecule has 0 fully saturated rings. The molecule has 1 aromatic carbocycles. The summed E-state index contributed by atoms with van der Waals surface area (Å²) in [5, 5.41) is 0.481. The second kappa shape index (κ2) is 2.55. The summed E-state index contributed by atoms with van der Waals surface area (Å²) in [6, 6.07) is 6.77. The number of halogens is 2. The quantitative estimate of drug-likeness (QED) is 0.657. The fourth-order valence-electron chi connectivity index (χ4n) is 1.32. The molecule has 0 N–H and O–H groups in total. The Labute approximate surface area is 74.0 Å². The summed E-state index contributed by atoms with van der Waals surface area (Å²) in [7, 11) is 0. The first-order valence-electron chi connectivity index (χ1n) is 3.93. The Balaban J connectivity index is 2.72. The lowest BCUT2D eigenvalue weighted by Gasteiger charge is -2.06. The van der Waals surface area contributed by atoms with Crippen molar-refractivity contribution in [3.05, 3.63) is 36.1 Å². The highest BCUT2D eigenvalue weighted by Crippen LogP contribution is 2.34. The van der Waals surface area contributed by atoms with Crippen LogP contribution in [0.4, 0.5) is 8.78 Å². The predicted octanol–water partition coefficient (Wildman–Crippen LogP) is 3.54. The molecule has 2 aromatic rings. The molecule has 0 amide bonds. The van der Waals surface area contributed by atoms with E-state index >= 15 is 0 Å². The first-order valence-corrected chi connectivity index (χ1v) is 3.93. The maximum Gasteiger partial charge on any atom is 0.274 e.